The molecule has 2 heterocycles. The minimum absolute atomic E-state index is 0.236. The summed E-state index contributed by atoms with van der Waals surface area (Å²) >= 11 is 0. The molecule has 0 saturated carbocycles. The van der Waals surface area contributed by atoms with E-state index in [2.05, 4.69) is 0 Å². The second kappa shape index (κ2) is 2.40. The molecule has 2 rings (SSSR count). The van der Waals surface area contributed by atoms with Crippen molar-refractivity contribution in [2.45, 2.75) is 30.7 Å². The van der Waals surface area contributed by atoms with Crippen LogP contribution in [-0.2, 0) is 9.47 Å². The molecule has 0 spiro atoms. The Morgan fingerprint density at radius 1 is 1.00 bits per heavy atom. The summed E-state index contributed by atoms with van der Waals surface area (Å²) in [5.41, 5.74) is 0. The maximum Gasteiger partial charge on any atom is 0.186 e. The Balaban J connectivity index is 2.16. The van der Waals surface area contributed by atoms with Crippen molar-refractivity contribution in [2.24, 2.45) is 0 Å². The van der Waals surface area contributed by atoms with Gasteiger partial charge in [-0.15, -0.1) is 0 Å². The van der Waals surface area contributed by atoms with Gasteiger partial charge in [-0.05, 0) is 0 Å². The minimum atomic E-state index is -1.15. The first-order chi connectivity index (χ1) is 5.20. The third-order valence-corrected chi connectivity index (χ3v) is 2.09. The molecule has 5 nitrogen and oxygen atoms in total. The average molecular weight is 162 g/mol. The molecule has 3 N–H and O–H groups in total. The standard InChI is InChI=1S/C6H10O5/c7-3-2-1-10-6(11-2)5(9)4(3)8/h2-9H,1H2/t2-,3+,4+,5+,6+/m1/s1. The number of fused-ring (bicyclic) bond motifs is 2. The summed E-state index contributed by atoms with van der Waals surface area (Å²) < 4.78 is 9.95. The normalized spacial score (nSPS) is 56.5. The zero-order chi connectivity index (χ0) is 8.01. The van der Waals surface area contributed by atoms with Crippen molar-refractivity contribution in [1.82, 2.24) is 0 Å². The van der Waals surface area contributed by atoms with Crippen LogP contribution in [0.25, 0.3) is 0 Å². The van der Waals surface area contributed by atoms with Crippen molar-refractivity contribution in [3.63, 3.8) is 0 Å². The lowest BCUT2D eigenvalue weighted by atomic mass is 10.0. The van der Waals surface area contributed by atoms with Crippen molar-refractivity contribution in [1.29, 1.82) is 0 Å². The lowest BCUT2D eigenvalue weighted by Gasteiger charge is -2.32. The molecule has 0 radical (unpaired) electrons. The van der Waals surface area contributed by atoms with Crippen LogP contribution in [0.2, 0.25) is 0 Å². The van der Waals surface area contributed by atoms with Crippen LogP contribution in [0.5, 0.6) is 0 Å². The van der Waals surface area contributed by atoms with E-state index in [0.29, 0.717) is 0 Å². The van der Waals surface area contributed by atoms with Gasteiger partial charge in [0.25, 0.3) is 0 Å². The molecule has 0 aromatic carbocycles. The molecular weight excluding hydrogens is 152 g/mol. The topological polar surface area (TPSA) is 79.2 Å². The van der Waals surface area contributed by atoms with E-state index in [9.17, 15) is 10.2 Å². The molecule has 2 aliphatic rings. The average Bonchev–Trinajstić information content (AvgIpc) is 2.44. The van der Waals surface area contributed by atoms with E-state index in [1.54, 1.807) is 0 Å². The van der Waals surface area contributed by atoms with E-state index in [0.717, 1.165) is 0 Å². The number of rotatable bonds is 0. The Labute approximate surface area is 63.2 Å². The fourth-order valence-electron chi connectivity index (χ4n) is 1.38. The van der Waals surface area contributed by atoms with Gasteiger partial charge in [-0.3, -0.25) is 0 Å². The molecule has 0 aromatic heterocycles. The van der Waals surface area contributed by atoms with Crippen LogP contribution >= 0.6 is 0 Å². The number of hydrogen-bond acceptors (Lipinski definition) is 5. The summed E-state index contributed by atoms with van der Waals surface area (Å²) in [5, 5.41) is 27.6. The van der Waals surface area contributed by atoms with Crippen LogP contribution in [0, 0.1) is 0 Å². The summed E-state index contributed by atoms with van der Waals surface area (Å²) in [6, 6.07) is 0. The Kier molecular flexibility index (Phi) is 1.62. The predicted molar refractivity (Wildman–Crippen MR) is 32.6 cm³/mol. The highest BCUT2D eigenvalue weighted by Gasteiger charge is 2.48. The fourth-order valence-corrected chi connectivity index (χ4v) is 1.38. The second-order valence-corrected chi connectivity index (χ2v) is 2.85. The second-order valence-electron chi connectivity index (χ2n) is 2.85. The zero-order valence-electron chi connectivity index (χ0n) is 5.75. The maximum atomic E-state index is 9.22. The number of aliphatic hydroxyl groups is 3. The van der Waals surface area contributed by atoms with Gasteiger partial charge >= 0.3 is 0 Å². The van der Waals surface area contributed by atoms with Gasteiger partial charge in [0.15, 0.2) is 6.29 Å². The minimum Gasteiger partial charge on any atom is -0.387 e. The molecule has 5 atom stereocenters. The van der Waals surface area contributed by atoms with Crippen molar-refractivity contribution in [3.05, 3.63) is 0 Å². The molecule has 2 saturated heterocycles. The fraction of sp³-hybridized carbons (Fsp3) is 1.00. The molecule has 0 unspecified atom stereocenters. The quantitative estimate of drug-likeness (QED) is 0.377. The summed E-state index contributed by atoms with van der Waals surface area (Å²) in [6.45, 7) is 0.236. The van der Waals surface area contributed by atoms with Crippen LogP contribution in [0.15, 0.2) is 0 Å². The summed E-state index contributed by atoms with van der Waals surface area (Å²) in [6.07, 6.45) is -4.58. The van der Waals surface area contributed by atoms with Gasteiger partial charge in [-0.25, -0.2) is 0 Å². The summed E-state index contributed by atoms with van der Waals surface area (Å²) in [7, 11) is 0. The lowest BCUT2D eigenvalue weighted by molar-refractivity contribution is -0.228. The van der Waals surface area contributed by atoms with Crippen LogP contribution < -0.4 is 0 Å². The Morgan fingerprint density at radius 3 is 2.45 bits per heavy atom. The first-order valence-corrected chi connectivity index (χ1v) is 3.51. The highest BCUT2D eigenvalue weighted by Crippen LogP contribution is 2.27. The predicted octanol–water partition coefficient (Wildman–Crippen LogP) is -2.18. The van der Waals surface area contributed by atoms with Crippen molar-refractivity contribution in [2.75, 3.05) is 6.61 Å². The van der Waals surface area contributed by atoms with Crippen LogP contribution in [-0.4, -0.2) is 52.6 Å². The summed E-state index contributed by atoms with van der Waals surface area (Å²) in [5.74, 6) is 0. The number of ether oxygens (including phenoxy) is 2. The third kappa shape index (κ3) is 0.969. The lowest BCUT2D eigenvalue weighted by Crippen LogP contribution is -2.53. The van der Waals surface area contributed by atoms with E-state index in [1.165, 1.54) is 0 Å². The van der Waals surface area contributed by atoms with E-state index in [1.807, 2.05) is 0 Å². The molecule has 5 heteroatoms. The van der Waals surface area contributed by atoms with Gasteiger partial charge in [0.05, 0.1) is 6.61 Å². The Bertz CT molecular complexity index is 141. The van der Waals surface area contributed by atoms with Gasteiger partial charge in [-0.1, -0.05) is 0 Å². The van der Waals surface area contributed by atoms with Crippen LogP contribution in [0.4, 0.5) is 0 Å². The molecule has 11 heavy (non-hydrogen) atoms. The Morgan fingerprint density at radius 2 is 1.73 bits per heavy atom. The van der Waals surface area contributed by atoms with Crippen molar-refractivity contribution >= 4 is 0 Å². The first-order valence-electron chi connectivity index (χ1n) is 3.51. The van der Waals surface area contributed by atoms with Crippen molar-refractivity contribution < 1.29 is 24.8 Å². The van der Waals surface area contributed by atoms with Crippen LogP contribution in [0.3, 0.4) is 0 Å². The molecule has 2 aliphatic heterocycles. The highest BCUT2D eigenvalue weighted by atomic mass is 16.7. The molecule has 0 amide bonds. The summed E-state index contributed by atoms with van der Waals surface area (Å²) in [4.78, 5) is 0. The highest BCUT2D eigenvalue weighted by molar-refractivity contribution is 4.92. The van der Waals surface area contributed by atoms with Gasteiger partial charge in [0, 0.05) is 0 Å². The van der Waals surface area contributed by atoms with Gasteiger partial charge in [0.1, 0.15) is 24.4 Å². The SMILES string of the molecule is O[C@@H]1[C@H](O)[C@H]2OC[C@@H](O2)[C@@H]1O. The van der Waals surface area contributed by atoms with Gasteiger partial charge in [-0.2, -0.15) is 0 Å². The molecule has 0 aliphatic carbocycles. The van der Waals surface area contributed by atoms with E-state index < -0.39 is 30.7 Å². The number of hydrogen-bond donors (Lipinski definition) is 3. The Hall–Kier alpha value is -0.200. The monoisotopic (exact) mass is 162 g/mol. The maximum absolute atomic E-state index is 9.22. The van der Waals surface area contributed by atoms with E-state index in [-0.39, 0.29) is 6.61 Å². The van der Waals surface area contributed by atoms with Crippen LogP contribution in [0.1, 0.15) is 0 Å². The molecule has 0 aromatic rings. The third-order valence-electron chi connectivity index (χ3n) is 2.09. The number of aliphatic hydroxyl groups excluding tert-OH is 3. The molecular formula is C6H10O5. The largest absolute Gasteiger partial charge is 0.387 e. The zero-order valence-corrected chi connectivity index (χ0v) is 5.75. The van der Waals surface area contributed by atoms with Crippen molar-refractivity contribution in [3.8, 4) is 0 Å². The van der Waals surface area contributed by atoms with Gasteiger partial charge in [0.2, 0.25) is 0 Å². The van der Waals surface area contributed by atoms with Gasteiger partial charge < -0.3 is 24.8 Å². The first kappa shape index (κ1) is 7.45. The van der Waals surface area contributed by atoms with E-state index in [4.69, 9.17) is 14.6 Å². The molecule has 64 valence electrons. The smallest absolute Gasteiger partial charge is 0.186 e. The molecule has 2 fully saturated rings. The van der Waals surface area contributed by atoms with E-state index >= 15 is 0 Å². The molecule has 2 bridgehead atoms.